The van der Waals surface area contributed by atoms with Gasteiger partial charge in [0, 0.05) is 0 Å². The summed E-state index contributed by atoms with van der Waals surface area (Å²) in [6, 6.07) is 0. The van der Waals surface area contributed by atoms with E-state index in [2.05, 4.69) is 15.8 Å². The zero-order valence-corrected chi connectivity index (χ0v) is 8.87. The molecule has 1 fully saturated rings. The van der Waals surface area contributed by atoms with E-state index in [0.29, 0.717) is 0 Å². The molecule has 1 heterocycles. The first-order valence-corrected chi connectivity index (χ1v) is 5.35. The van der Waals surface area contributed by atoms with E-state index in [1.54, 1.807) is 6.08 Å². The summed E-state index contributed by atoms with van der Waals surface area (Å²) < 4.78 is 18.1. The van der Waals surface area contributed by atoms with Gasteiger partial charge in [-0.3, -0.25) is 4.52 Å². The highest BCUT2D eigenvalue weighted by atomic mass is 31.2. The predicted molar refractivity (Wildman–Crippen MR) is 50.4 cm³/mol. The van der Waals surface area contributed by atoms with Crippen LogP contribution in [0.3, 0.4) is 0 Å². The first-order chi connectivity index (χ1) is 5.97. The van der Waals surface area contributed by atoms with Crippen molar-refractivity contribution in [3.8, 4) is 0 Å². The first-order valence-electron chi connectivity index (χ1n) is 3.82. The van der Waals surface area contributed by atoms with Gasteiger partial charge in [-0.15, -0.1) is 6.58 Å². The molecule has 1 rings (SSSR count). The van der Waals surface area contributed by atoms with Crippen LogP contribution in [-0.4, -0.2) is 29.6 Å². The van der Waals surface area contributed by atoms with Gasteiger partial charge in [-0.1, -0.05) is 6.08 Å². The van der Waals surface area contributed by atoms with Crippen molar-refractivity contribution in [1.29, 1.82) is 0 Å². The van der Waals surface area contributed by atoms with E-state index in [1.165, 1.54) is 6.92 Å². The van der Waals surface area contributed by atoms with E-state index in [-0.39, 0.29) is 6.61 Å². The summed E-state index contributed by atoms with van der Waals surface area (Å²) >= 11 is 0. The molecule has 1 aliphatic heterocycles. The van der Waals surface area contributed by atoms with Crippen molar-refractivity contribution in [1.82, 2.24) is 0 Å². The van der Waals surface area contributed by atoms with E-state index in [1.807, 2.05) is 6.92 Å². The lowest BCUT2D eigenvalue weighted by molar-refractivity contribution is 0.206. The second-order valence-electron chi connectivity index (χ2n) is 1.93. The Bertz CT molecular complexity index is 148. The summed E-state index contributed by atoms with van der Waals surface area (Å²) in [5.41, 5.74) is 0. The van der Waals surface area contributed by atoms with Crippen LogP contribution in [0, 0.1) is 0 Å². The monoisotopic (exact) mass is 212 g/mol. The molecule has 0 bridgehead atoms. The third kappa shape index (κ3) is 49.1. The highest BCUT2D eigenvalue weighted by molar-refractivity contribution is 7.46. The molecule has 0 aliphatic carbocycles. The molecule has 0 atom stereocenters. The van der Waals surface area contributed by atoms with Gasteiger partial charge in [-0.2, -0.15) is 0 Å². The van der Waals surface area contributed by atoms with Gasteiger partial charge in [0.15, 0.2) is 0 Å². The van der Waals surface area contributed by atoms with Crippen molar-refractivity contribution >= 4 is 7.82 Å². The molecule has 13 heavy (non-hydrogen) atoms. The zero-order chi connectivity index (χ0) is 10.7. The van der Waals surface area contributed by atoms with E-state index < -0.39 is 7.82 Å². The molecule has 0 radical (unpaired) electrons. The summed E-state index contributed by atoms with van der Waals surface area (Å²) in [7, 11) is -4.17. The number of allylic oxidation sites excluding steroid dienone is 1. The average molecular weight is 212 g/mol. The number of ether oxygens (including phenoxy) is 1. The Balaban J connectivity index is 0. The Labute approximate surface area is 78.6 Å². The Morgan fingerprint density at radius 3 is 1.92 bits per heavy atom. The fourth-order valence-electron chi connectivity index (χ4n) is 0.168. The number of epoxide rings is 1. The SMILES string of the molecule is C1CO1.C=CC.CCOP(=O)(O)O. The fourth-order valence-corrected chi connectivity index (χ4v) is 0.505. The third-order valence-electron chi connectivity index (χ3n) is 0.501. The number of phosphoric acid groups is 1. The van der Waals surface area contributed by atoms with Gasteiger partial charge in [0.25, 0.3) is 0 Å². The molecule has 0 aromatic rings. The standard InChI is InChI=1S/C3H6.C2H7O4P.C2H4O/c1-3-2;1-2-6-7(3,4)5;1-2-3-1/h3H,1H2,2H3;2H2,1H3,(H2,3,4,5);1-2H2. The van der Waals surface area contributed by atoms with Crippen molar-refractivity contribution in [2.45, 2.75) is 13.8 Å². The molecular weight excluding hydrogens is 195 g/mol. The van der Waals surface area contributed by atoms with Crippen LogP contribution in [0.1, 0.15) is 13.8 Å². The predicted octanol–water partition coefficient (Wildman–Crippen LogP) is 1.32. The van der Waals surface area contributed by atoms with Gasteiger partial charge in [0.2, 0.25) is 0 Å². The molecule has 0 spiro atoms. The maximum absolute atomic E-state index is 9.70. The first kappa shape index (κ1) is 15.3. The summed E-state index contributed by atoms with van der Waals surface area (Å²) in [6.45, 7) is 8.81. The lowest BCUT2D eigenvalue weighted by Gasteiger charge is -1.98. The molecule has 0 aromatic heterocycles. The molecule has 6 heteroatoms. The maximum atomic E-state index is 9.70. The van der Waals surface area contributed by atoms with Crippen LogP contribution in [0.2, 0.25) is 0 Å². The van der Waals surface area contributed by atoms with Gasteiger partial charge < -0.3 is 14.5 Å². The fraction of sp³-hybridized carbons (Fsp3) is 0.714. The van der Waals surface area contributed by atoms with Crippen LogP contribution in [0.4, 0.5) is 0 Å². The average Bonchev–Trinajstić information content (AvgIpc) is 2.68. The largest absolute Gasteiger partial charge is 0.469 e. The Kier molecular flexibility index (Phi) is 11.6. The molecule has 0 amide bonds. The smallest absolute Gasteiger partial charge is 0.377 e. The summed E-state index contributed by atoms with van der Waals surface area (Å²) in [5, 5.41) is 0. The van der Waals surface area contributed by atoms with Crippen LogP contribution in [0.5, 0.6) is 0 Å². The highest BCUT2D eigenvalue weighted by Gasteiger charge is 2.10. The van der Waals surface area contributed by atoms with Crippen LogP contribution >= 0.6 is 7.82 Å². The second-order valence-corrected chi connectivity index (χ2v) is 3.17. The quantitative estimate of drug-likeness (QED) is 0.410. The summed E-state index contributed by atoms with van der Waals surface area (Å²) in [4.78, 5) is 15.8. The number of hydrogen-bond donors (Lipinski definition) is 2. The zero-order valence-electron chi connectivity index (χ0n) is 7.97. The van der Waals surface area contributed by atoms with Crippen molar-refractivity contribution in [3.63, 3.8) is 0 Å². The Morgan fingerprint density at radius 1 is 1.62 bits per heavy atom. The van der Waals surface area contributed by atoms with Crippen molar-refractivity contribution < 1.29 is 23.6 Å². The van der Waals surface area contributed by atoms with E-state index in [9.17, 15) is 4.57 Å². The summed E-state index contributed by atoms with van der Waals surface area (Å²) in [5.74, 6) is 0. The maximum Gasteiger partial charge on any atom is 0.469 e. The molecule has 1 aliphatic rings. The molecule has 1 saturated heterocycles. The molecule has 0 aromatic carbocycles. The highest BCUT2D eigenvalue weighted by Crippen LogP contribution is 2.34. The van der Waals surface area contributed by atoms with Crippen LogP contribution in [-0.2, 0) is 13.8 Å². The van der Waals surface area contributed by atoms with Crippen LogP contribution < -0.4 is 0 Å². The molecule has 5 nitrogen and oxygen atoms in total. The van der Waals surface area contributed by atoms with E-state index in [4.69, 9.17) is 9.79 Å². The third-order valence-corrected chi connectivity index (χ3v) is 1.10. The Hall–Kier alpha value is -0.190. The summed E-state index contributed by atoms with van der Waals surface area (Å²) in [6.07, 6.45) is 1.75. The minimum absolute atomic E-state index is 0.0459. The molecular formula is C7H17O5P. The topological polar surface area (TPSA) is 79.3 Å². The van der Waals surface area contributed by atoms with Crippen molar-refractivity contribution in [3.05, 3.63) is 12.7 Å². The minimum atomic E-state index is -4.17. The van der Waals surface area contributed by atoms with Gasteiger partial charge in [0.05, 0.1) is 19.8 Å². The van der Waals surface area contributed by atoms with Gasteiger partial charge in [-0.25, -0.2) is 4.57 Å². The lowest BCUT2D eigenvalue weighted by atomic mass is 10.8. The number of phosphoric ester groups is 1. The van der Waals surface area contributed by atoms with Crippen molar-refractivity contribution in [2.75, 3.05) is 19.8 Å². The normalized spacial score (nSPS) is 12.9. The van der Waals surface area contributed by atoms with Crippen LogP contribution in [0.25, 0.3) is 0 Å². The molecule has 0 unspecified atom stereocenters. The second kappa shape index (κ2) is 9.89. The van der Waals surface area contributed by atoms with Gasteiger partial charge in [-0.05, 0) is 13.8 Å². The van der Waals surface area contributed by atoms with Gasteiger partial charge >= 0.3 is 7.82 Å². The number of rotatable bonds is 2. The van der Waals surface area contributed by atoms with Gasteiger partial charge in [0.1, 0.15) is 0 Å². The van der Waals surface area contributed by atoms with Crippen molar-refractivity contribution in [2.24, 2.45) is 0 Å². The minimum Gasteiger partial charge on any atom is -0.377 e. The number of hydrogen-bond acceptors (Lipinski definition) is 3. The lowest BCUT2D eigenvalue weighted by Crippen LogP contribution is -1.84. The molecule has 80 valence electrons. The van der Waals surface area contributed by atoms with Crippen LogP contribution in [0.15, 0.2) is 12.7 Å². The molecule has 2 N–H and O–H groups in total. The Morgan fingerprint density at radius 2 is 1.92 bits per heavy atom. The van der Waals surface area contributed by atoms with E-state index in [0.717, 1.165) is 13.2 Å². The van der Waals surface area contributed by atoms with E-state index >= 15 is 0 Å². The molecule has 0 saturated carbocycles.